The van der Waals surface area contributed by atoms with Gasteiger partial charge in [0.05, 0.1) is 17.7 Å². The summed E-state index contributed by atoms with van der Waals surface area (Å²) in [5, 5.41) is 10.4. The molecule has 4 aromatic rings. The lowest BCUT2D eigenvalue weighted by atomic mass is 10.1. The van der Waals surface area contributed by atoms with Crippen LogP contribution in [0.4, 0.5) is 0 Å². The van der Waals surface area contributed by atoms with Crippen LogP contribution in [-0.2, 0) is 6.54 Å². The average molecular weight is 472 g/mol. The molecular weight excluding hydrogens is 446 g/mol. The molecule has 0 unspecified atom stereocenters. The van der Waals surface area contributed by atoms with Crippen LogP contribution in [-0.4, -0.2) is 24.5 Å². The van der Waals surface area contributed by atoms with Crippen molar-refractivity contribution < 1.29 is 0 Å². The Balaban J connectivity index is 1.44. The normalized spacial score (nSPS) is 11.4. The molecule has 2 aliphatic heterocycles. The summed E-state index contributed by atoms with van der Waals surface area (Å²) in [4.78, 5) is 17.9. The predicted molar refractivity (Wildman–Crippen MR) is 143 cm³/mol. The summed E-state index contributed by atoms with van der Waals surface area (Å²) >= 11 is 0. The lowest BCUT2D eigenvalue weighted by Gasteiger charge is -2.13. The summed E-state index contributed by atoms with van der Waals surface area (Å²) in [5.41, 5.74) is 8.92. The van der Waals surface area contributed by atoms with Gasteiger partial charge in [-0.1, -0.05) is 66.2 Å². The molecule has 0 aliphatic carbocycles. The summed E-state index contributed by atoms with van der Waals surface area (Å²) in [6.45, 7) is 6.56. The largest absolute Gasteiger partial charge is 0.301 e. The number of benzene rings is 3. The first-order valence-corrected chi connectivity index (χ1v) is 12.0. The number of nitrogens with zero attached hydrogens (tertiary/aromatic N) is 5. The first-order valence-electron chi connectivity index (χ1n) is 12.0. The fourth-order valence-corrected chi connectivity index (χ4v) is 4.68. The Morgan fingerprint density at radius 2 is 1.56 bits per heavy atom. The molecule has 2 aliphatic rings. The van der Waals surface area contributed by atoms with Crippen molar-refractivity contribution in [2.75, 3.05) is 0 Å². The molecule has 0 fully saturated rings. The molecule has 1 aromatic heterocycles. The van der Waals surface area contributed by atoms with Gasteiger partial charge in [0.2, 0.25) is 0 Å². The van der Waals surface area contributed by atoms with Gasteiger partial charge >= 0.3 is 5.56 Å². The van der Waals surface area contributed by atoms with Gasteiger partial charge in [-0.15, -0.1) is 0 Å². The fraction of sp³-hybridized carbons (Fsp3) is 0.133. The third-order valence-corrected chi connectivity index (χ3v) is 6.59. The minimum absolute atomic E-state index is 0.210. The van der Waals surface area contributed by atoms with E-state index in [0.29, 0.717) is 17.9 Å². The van der Waals surface area contributed by atoms with Gasteiger partial charge in [-0.05, 0) is 55.7 Å². The zero-order valence-electron chi connectivity index (χ0n) is 20.4. The maximum atomic E-state index is 13.5. The van der Waals surface area contributed by atoms with E-state index in [0.717, 1.165) is 50.1 Å². The molecule has 3 aromatic carbocycles. The first kappa shape index (κ1) is 21.9. The van der Waals surface area contributed by atoms with Gasteiger partial charge in [0.25, 0.3) is 0 Å². The smallest absolute Gasteiger partial charge is 0.265 e. The fourth-order valence-electron chi connectivity index (χ4n) is 4.68. The van der Waals surface area contributed by atoms with Crippen LogP contribution < -0.4 is 5.56 Å². The van der Waals surface area contributed by atoms with Crippen molar-refractivity contribution >= 4 is 10.9 Å². The van der Waals surface area contributed by atoms with E-state index in [1.54, 1.807) is 0 Å². The summed E-state index contributed by atoms with van der Waals surface area (Å²) < 4.78 is 3.38. The summed E-state index contributed by atoms with van der Waals surface area (Å²) in [5.74, 6) is 0. The molecule has 0 N–H and O–H groups in total. The second kappa shape index (κ2) is 8.57. The quantitative estimate of drug-likeness (QED) is 0.330. The Bertz CT molecular complexity index is 1740. The third-order valence-electron chi connectivity index (χ3n) is 6.59. The van der Waals surface area contributed by atoms with Crippen molar-refractivity contribution in [3.05, 3.63) is 118 Å². The number of para-hydroxylation sites is 1. The molecule has 36 heavy (non-hydrogen) atoms. The highest BCUT2D eigenvalue weighted by molar-refractivity contribution is 5.92. The Kier molecular flexibility index (Phi) is 5.22. The summed E-state index contributed by atoms with van der Waals surface area (Å²) in [7, 11) is 0. The zero-order valence-corrected chi connectivity index (χ0v) is 20.4. The average Bonchev–Trinajstić information content (AvgIpc) is 3.21. The standard InChI is InChI=1S/C30H25N5O/c1-19-8-15-26(20(2)16-19)35-30(36)29-28(33-35)25-6-4-5-7-27(25)34(32-29)18-22-10-13-23(14-11-22)24-12-9-21(3)31-17-24/h4-17H,18H2,1-3H3. The van der Waals surface area contributed by atoms with Gasteiger partial charge in [-0.3, -0.25) is 14.5 Å². The Hall–Kier alpha value is -4.58. The molecule has 0 atom stereocenters. The molecule has 6 rings (SSSR count). The van der Waals surface area contributed by atoms with Gasteiger partial charge in [0.15, 0.2) is 5.69 Å². The second-order valence-electron chi connectivity index (χ2n) is 9.26. The van der Waals surface area contributed by atoms with E-state index in [2.05, 4.69) is 41.4 Å². The van der Waals surface area contributed by atoms with E-state index in [9.17, 15) is 4.79 Å². The molecule has 0 spiro atoms. The van der Waals surface area contributed by atoms with Crippen molar-refractivity contribution in [2.45, 2.75) is 27.3 Å². The molecule has 6 heteroatoms. The molecule has 0 bridgehead atoms. The molecular formula is C30H25N5O. The maximum Gasteiger partial charge on any atom is 0.301 e. The lowest BCUT2D eigenvalue weighted by Crippen LogP contribution is -2.18. The van der Waals surface area contributed by atoms with E-state index in [4.69, 9.17) is 10.2 Å². The number of pyridine rings is 1. The minimum Gasteiger partial charge on any atom is -0.265 e. The highest BCUT2D eigenvalue weighted by atomic mass is 16.1. The summed E-state index contributed by atoms with van der Waals surface area (Å²) in [6, 6.07) is 26.5. The van der Waals surface area contributed by atoms with Crippen LogP contribution in [0, 0.1) is 20.8 Å². The third kappa shape index (κ3) is 3.77. The van der Waals surface area contributed by atoms with Crippen molar-refractivity contribution in [1.82, 2.24) is 24.5 Å². The number of hydrogen-bond donors (Lipinski definition) is 0. The zero-order chi connectivity index (χ0) is 24.8. The van der Waals surface area contributed by atoms with Gasteiger partial charge in [-0.2, -0.15) is 14.9 Å². The van der Waals surface area contributed by atoms with Gasteiger partial charge in [0.1, 0.15) is 5.69 Å². The van der Waals surface area contributed by atoms with Crippen LogP contribution in [0.1, 0.15) is 22.4 Å². The molecule has 0 saturated carbocycles. The highest BCUT2D eigenvalue weighted by Gasteiger charge is 2.23. The van der Waals surface area contributed by atoms with E-state index in [1.807, 2.05) is 74.1 Å². The number of hydrogen-bond acceptors (Lipinski definition) is 4. The number of aromatic nitrogens is 5. The van der Waals surface area contributed by atoms with Crippen molar-refractivity contribution in [3.63, 3.8) is 0 Å². The molecule has 6 nitrogen and oxygen atoms in total. The molecule has 0 amide bonds. The van der Waals surface area contributed by atoms with E-state index < -0.39 is 0 Å². The van der Waals surface area contributed by atoms with Crippen LogP contribution in [0.2, 0.25) is 0 Å². The minimum atomic E-state index is -0.210. The van der Waals surface area contributed by atoms with E-state index >= 15 is 0 Å². The van der Waals surface area contributed by atoms with E-state index in [1.165, 1.54) is 4.68 Å². The molecule has 0 saturated heterocycles. The van der Waals surface area contributed by atoms with Crippen LogP contribution in [0.15, 0.2) is 89.9 Å². The SMILES string of the molecule is Cc1ccc(-n2nc3c4ccccc4n(Cc4ccc(-c5ccc(C)nc5)cc4)nc-3c2=O)c(C)c1. The second-order valence-corrected chi connectivity index (χ2v) is 9.26. The first-order chi connectivity index (χ1) is 17.5. The van der Waals surface area contributed by atoms with Crippen LogP contribution >= 0.6 is 0 Å². The number of rotatable bonds is 4. The van der Waals surface area contributed by atoms with Crippen molar-refractivity contribution in [2.24, 2.45) is 0 Å². The predicted octanol–water partition coefficient (Wildman–Crippen LogP) is 5.72. The van der Waals surface area contributed by atoms with Gasteiger partial charge < -0.3 is 0 Å². The molecule has 176 valence electrons. The number of aryl methyl sites for hydroxylation is 3. The van der Waals surface area contributed by atoms with Crippen LogP contribution in [0.3, 0.4) is 0 Å². The van der Waals surface area contributed by atoms with Crippen LogP contribution in [0.5, 0.6) is 0 Å². The maximum absolute atomic E-state index is 13.5. The van der Waals surface area contributed by atoms with Gasteiger partial charge in [0, 0.05) is 22.8 Å². The molecule has 0 radical (unpaired) electrons. The lowest BCUT2D eigenvalue weighted by molar-refractivity contribution is 0.699. The Morgan fingerprint density at radius 3 is 2.31 bits per heavy atom. The Labute approximate surface area is 208 Å². The van der Waals surface area contributed by atoms with Crippen molar-refractivity contribution in [3.8, 4) is 28.2 Å². The Morgan fingerprint density at radius 1 is 0.778 bits per heavy atom. The van der Waals surface area contributed by atoms with Crippen LogP contribution in [0.25, 0.3) is 39.1 Å². The van der Waals surface area contributed by atoms with E-state index in [-0.39, 0.29) is 5.56 Å². The van der Waals surface area contributed by atoms with Gasteiger partial charge in [-0.25, -0.2) is 0 Å². The topological polar surface area (TPSA) is 65.6 Å². The summed E-state index contributed by atoms with van der Waals surface area (Å²) in [6.07, 6.45) is 1.89. The van der Waals surface area contributed by atoms with Crippen molar-refractivity contribution in [1.29, 1.82) is 0 Å². The monoisotopic (exact) mass is 471 g/mol. The number of fused-ring (bicyclic) bond motifs is 3. The molecule has 3 heterocycles. The highest BCUT2D eigenvalue weighted by Crippen LogP contribution is 2.27.